The van der Waals surface area contributed by atoms with Gasteiger partial charge in [-0.3, -0.25) is 9.59 Å². The lowest BCUT2D eigenvalue weighted by Crippen LogP contribution is -2.01. The van der Waals surface area contributed by atoms with Crippen LogP contribution in [0, 0.1) is 0 Å². The molecular formula is C12H16O4. The van der Waals surface area contributed by atoms with Gasteiger partial charge < -0.3 is 9.84 Å². The van der Waals surface area contributed by atoms with Crippen LogP contribution >= 0.6 is 0 Å². The molecule has 0 spiro atoms. The number of carbonyl (C=O) groups is 2. The van der Waals surface area contributed by atoms with Crippen molar-refractivity contribution in [3.63, 3.8) is 0 Å². The van der Waals surface area contributed by atoms with Gasteiger partial charge in [0.05, 0.1) is 7.11 Å². The molecule has 0 radical (unpaired) electrons. The van der Waals surface area contributed by atoms with E-state index in [4.69, 9.17) is 9.90 Å². The minimum absolute atomic E-state index is 0.154. The second kappa shape index (κ2) is 8.47. The zero-order chi connectivity index (χ0) is 12.4. The van der Waals surface area contributed by atoms with Crippen LogP contribution in [0.4, 0.5) is 0 Å². The van der Waals surface area contributed by atoms with Crippen molar-refractivity contribution in [1.29, 1.82) is 0 Å². The molecule has 0 heterocycles. The van der Waals surface area contributed by atoms with E-state index in [9.17, 15) is 4.79 Å². The summed E-state index contributed by atoms with van der Waals surface area (Å²) in [6.45, 7) is 1.08. The van der Waals surface area contributed by atoms with Gasteiger partial charge in [0.15, 0.2) is 0 Å². The maximum atomic E-state index is 10.8. The average molecular weight is 224 g/mol. The molecule has 0 atom stereocenters. The first-order chi connectivity index (χ1) is 7.56. The first kappa shape index (κ1) is 14.2. The number of methoxy groups -OCH3 is 1. The molecule has 1 N–H and O–H groups in total. The highest BCUT2D eigenvalue weighted by Gasteiger charge is 1.99. The number of benzene rings is 1. The molecular weight excluding hydrogens is 208 g/mol. The number of ether oxygens (including phenoxy) is 1. The summed E-state index contributed by atoms with van der Waals surface area (Å²) in [4.78, 5) is 19.8. The van der Waals surface area contributed by atoms with Crippen molar-refractivity contribution in [3.05, 3.63) is 35.9 Å². The number of esters is 1. The molecule has 1 aromatic rings. The number of aryl methyl sites for hydroxylation is 1. The summed E-state index contributed by atoms with van der Waals surface area (Å²) in [5.41, 5.74) is 1.17. The summed E-state index contributed by atoms with van der Waals surface area (Å²) in [5, 5.41) is 7.42. The number of aliphatic carboxylic acids is 1. The van der Waals surface area contributed by atoms with Crippen LogP contribution < -0.4 is 0 Å². The van der Waals surface area contributed by atoms with Crippen molar-refractivity contribution < 1.29 is 19.4 Å². The van der Waals surface area contributed by atoms with E-state index in [0.717, 1.165) is 13.3 Å². The monoisotopic (exact) mass is 224 g/mol. The minimum atomic E-state index is -0.833. The Bertz CT molecular complexity index is 315. The Kier molecular flexibility index (Phi) is 7.49. The van der Waals surface area contributed by atoms with E-state index in [-0.39, 0.29) is 5.97 Å². The second-order valence-corrected chi connectivity index (χ2v) is 3.08. The van der Waals surface area contributed by atoms with Crippen LogP contribution in [0.25, 0.3) is 0 Å². The number of hydrogen-bond acceptors (Lipinski definition) is 3. The lowest BCUT2D eigenvalue weighted by Gasteiger charge is -1.98. The molecule has 0 aliphatic carbocycles. The number of carboxylic acid groups (broad SMARTS) is 1. The summed E-state index contributed by atoms with van der Waals surface area (Å²) < 4.78 is 4.53. The van der Waals surface area contributed by atoms with Crippen molar-refractivity contribution >= 4 is 11.9 Å². The predicted molar refractivity (Wildman–Crippen MR) is 60.1 cm³/mol. The number of carboxylic acids is 1. The number of rotatable bonds is 3. The van der Waals surface area contributed by atoms with Gasteiger partial charge in [-0.05, 0) is 12.0 Å². The molecule has 16 heavy (non-hydrogen) atoms. The summed E-state index contributed by atoms with van der Waals surface area (Å²) in [6.07, 6.45) is 1.22. The average Bonchev–Trinajstić information content (AvgIpc) is 2.26. The molecule has 1 rings (SSSR count). The maximum Gasteiger partial charge on any atom is 0.305 e. The SMILES string of the molecule is CC(=O)O.COC(=O)CCc1ccccc1. The van der Waals surface area contributed by atoms with Gasteiger partial charge in [0, 0.05) is 13.3 Å². The zero-order valence-electron chi connectivity index (χ0n) is 9.47. The third-order valence-corrected chi connectivity index (χ3v) is 1.69. The Hall–Kier alpha value is -1.84. The standard InChI is InChI=1S/C10H12O2.C2H4O2/c1-12-10(11)8-7-9-5-3-2-4-6-9;1-2(3)4/h2-6H,7-8H2,1H3;1H3,(H,3,4). The third kappa shape index (κ3) is 8.74. The topological polar surface area (TPSA) is 63.6 Å². The Labute approximate surface area is 94.9 Å². The molecule has 0 bridgehead atoms. The summed E-state index contributed by atoms with van der Waals surface area (Å²) >= 11 is 0. The molecule has 4 heteroatoms. The molecule has 0 saturated carbocycles. The van der Waals surface area contributed by atoms with Crippen molar-refractivity contribution in [1.82, 2.24) is 0 Å². The van der Waals surface area contributed by atoms with Gasteiger partial charge in [-0.25, -0.2) is 0 Å². The largest absolute Gasteiger partial charge is 0.481 e. The lowest BCUT2D eigenvalue weighted by atomic mass is 10.1. The fraction of sp³-hybridized carbons (Fsp3) is 0.333. The summed E-state index contributed by atoms with van der Waals surface area (Å²) in [6, 6.07) is 9.90. The van der Waals surface area contributed by atoms with Gasteiger partial charge in [0.25, 0.3) is 5.97 Å². The molecule has 0 fully saturated rings. The maximum absolute atomic E-state index is 10.8. The van der Waals surface area contributed by atoms with Gasteiger partial charge in [0.2, 0.25) is 0 Å². The van der Waals surface area contributed by atoms with Crippen molar-refractivity contribution in [2.75, 3.05) is 7.11 Å². The fourth-order valence-corrected chi connectivity index (χ4v) is 0.993. The van der Waals surface area contributed by atoms with Gasteiger partial charge >= 0.3 is 5.97 Å². The van der Waals surface area contributed by atoms with Crippen LogP contribution in [0.3, 0.4) is 0 Å². The van der Waals surface area contributed by atoms with Crippen LogP contribution in [0.1, 0.15) is 18.9 Å². The van der Waals surface area contributed by atoms with E-state index < -0.39 is 5.97 Å². The van der Waals surface area contributed by atoms with Crippen molar-refractivity contribution in [2.24, 2.45) is 0 Å². The van der Waals surface area contributed by atoms with E-state index in [1.807, 2.05) is 30.3 Å². The first-order valence-electron chi connectivity index (χ1n) is 4.86. The van der Waals surface area contributed by atoms with E-state index in [0.29, 0.717) is 6.42 Å². The molecule has 0 amide bonds. The molecule has 0 aliphatic rings. The Morgan fingerprint density at radius 2 is 1.75 bits per heavy atom. The van der Waals surface area contributed by atoms with Gasteiger partial charge in [-0.1, -0.05) is 30.3 Å². The van der Waals surface area contributed by atoms with E-state index in [1.165, 1.54) is 12.7 Å². The Balaban J connectivity index is 0.000000487. The van der Waals surface area contributed by atoms with Crippen molar-refractivity contribution in [3.8, 4) is 0 Å². The zero-order valence-corrected chi connectivity index (χ0v) is 9.47. The third-order valence-electron chi connectivity index (χ3n) is 1.69. The van der Waals surface area contributed by atoms with Crippen LogP contribution in [0.5, 0.6) is 0 Å². The van der Waals surface area contributed by atoms with Crippen molar-refractivity contribution in [2.45, 2.75) is 19.8 Å². The smallest absolute Gasteiger partial charge is 0.305 e. The van der Waals surface area contributed by atoms with Gasteiger partial charge in [-0.15, -0.1) is 0 Å². The highest BCUT2D eigenvalue weighted by Crippen LogP contribution is 2.02. The first-order valence-corrected chi connectivity index (χ1v) is 4.86. The predicted octanol–water partition coefficient (Wildman–Crippen LogP) is 1.88. The molecule has 0 unspecified atom stereocenters. The molecule has 0 aromatic heterocycles. The fourth-order valence-electron chi connectivity index (χ4n) is 0.993. The van der Waals surface area contributed by atoms with E-state index in [1.54, 1.807) is 0 Å². The molecule has 4 nitrogen and oxygen atoms in total. The van der Waals surface area contributed by atoms with Gasteiger partial charge in [-0.2, -0.15) is 0 Å². The Morgan fingerprint density at radius 3 is 2.19 bits per heavy atom. The molecule has 88 valence electrons. The normalized spacial score (nSPS) is 8.62. The van der Waals surface area contributed by atoms with Crippen LogP contribution in [-0.4, -0.2) is 24.2 Å². The highest BCUT2D eigenvalue weighted by molar-refractivity contribution is 5.69. The number of carbonyl (C=O) groups excluding carboxylic acids is 1. The summed E-state index contributed by atoms with van der Waals surface area (Å²) in [5.74, 6) is -0.987. The van der Waals surface area contributed by atoms with Gasteiger partial charge in [0.1, 0.15) is 0 Å². The van der Waals surface area contributed by atoms with Crippen LogP contribution in [0.15, 0.2) is 30.3 Å². The molecule has 0 aliphatic heterocycles. The Morgan fingerprint density at radius 1 is 1.25 bits per heavy atom. The summed E-state index contributed by atoms with van der Waals surface area (Å²) in [7, 11) is 1.41. The highest BCUT2D eigenvalue weighted by atomic mass is 16.5. The minimum Gasteiger partial charge on any atom is -0.481 e. The van der Waals surface area contributed by atoms with Crippen LogP contribution in [0.2, 0.25) is 0 Å². The van der Waals surface area contributed by atoms with E-state index >= 15 is 0 Å². The molecule has 0 saturated heterocycles. The lowest BCUT2D eigenvalue weighted by molar-refractivity contribution is -0.140. The number of hydrogen-bond donors (Lipinski definition) is 1. The van der Waals surface area contributed by atoms with E-state index in [2.05, 4.69) is 4.74 Å². The van der Waals surface area contributed by atoms with Crippen LogP contribution in [-0.2, 0) is 20.7 Å². The second-order valence-electron chi connectivity index (χ2n) is 3.08. The molecule has 1 aromatic carbocycles. The quantitative estimate of drug-likeness (QED) is 0.796.